The van der Waals surface area contributed by atoms with Crippen LogP contribution in [0.4, 0.5) is 21.6 Å². The van der Waals surface area contributed by atoms with Gasteiger partial charge in [-0.05, 0) is 43.2 Å². The van der Waals surface area contributed by atoms with Crippen molar-refractivity contribution in [3.8, 4) is 11.4 Å². The van der Waals surface area contributed by atoms with Crippen LogP contribution < -0.4 is 15.5 Å². The summed E-state index contributed by atoms with van der Waals surface area (Å²) in [4.78, 5) is 19.6. The number of hydrogen-bond donors (Lipinski definition) is 3. The fraction of sp³-hybridized carbons (Fsp3) is 0.320. The van der Waals surface area contributed by atoms with E-state index in [0.29, 0.717) is 11.9 Å². The third-order valence-electron chi connectivity index (χ3n) is 6.06. The van der Waals surface area contributed by atoms with Crippen LogP contribution in [0.5, 0.6) is 0 Å². The molecular formula is C25H30FN7S. The number of benzene rings is 1. The number of nitrogens with zero attached hydrogens (tertiary/aromatic N) is 4. The van der Waals surface area contributed by atoms with E-state index in [9.17, 15) is 4.39 Å². The topological polar surface area (TPSA) is 81.8 Å². The number of halogens is 1. The molecule has 0 unspecified atom stereocenters. The predicted molar refractivity (Wildman–Crippen MR) is 141 cm³/mol. The van der Waals surface area contributed by atoms with Crippen LogP contribution in [0.1, 0.15) is 32.3 Å². The first-order valence-electron chi connectivity index (χ1n) is 11.3. The minimum absolute atomic E-state index is 0. The number of aromatic nitrogens is 4. The van der Waals surface area contributed by atoms with Crippen LogP contribution in [-0.4, -0.2) is 45.6 Å². The second-order valence-corrected chi connectivity index (χ2v) is 8.84. The summed E-state index contributed by atoms with van der Waals surface area (Å²) in [5.74, 6) is 1.24. The Morgan fingerprint density at radius 1 is 1.15 bits per heavy atom. The molecule has 0 aliphatic carbocycles. The van der Waals surface area contributed by atoms with Gasteiger partial charge in [0, 0.05) is 55.4 Å². The Labute approximate surface area is 205 Å². The number of aromatic amines is 1. The summed E-state index contributed by atoms with van der Waals surface area (Å²) in [5, 5.41) is 8.11. The lowest BCUT2D eigenvalue weighted by Gasteiger charge is -2.33. The fourth-order valence-electron chi connectivity index (χ4n) is 4.32. The number of H-pyrrole nitrogens is 1. The van der Waals surface area contributed by atoms with E-state index in [1.165, 1.54) is 12.1 Å². The summed E-state index contributed by atoms with van der Waals surface area (Å²) in [7, 11) is 0. The number of anilines is 3. The molecular weight excluding hydrogens is 449 g/mol. The zero-order valence-corrected chi connectivity index (χ0v) is 20.6. The van der Waals surface area contributed by atoms with E-state index in [1.54, 1.807) is 18.3 Å². The van der Waals surface area contributed by atoms with Gasteiger partial charge in [-0.15, -0.1) is 0 Å². The average Bonchev–Trinajstić information content (AvgIpc) is 3.25. The highest BCUT2D eigenvalue weighted by Crippen LogP contribution is 2.35. The van der Waals surface area contributed by atoms with Gasteiger partial charge in [-0.1, -0.05) is 13.8 Å². The molecule has 9 heteroatoms. The predicted octanol–water partition coefficient (Wildman–Crippen LogP) is 4.94. The molecule has 3 N–H and O–H groups in total. The Morgan fingerprint density at radius 3 is 2.68 bits per heavy atom. The Balaban J connectivity index is 0.00000274. The molecule has 1 aromatic carbocycles. The van der Waals surface area contributed by atoms with Gasteiger partial charge < -0.3 is 20.5 Å². The normalized spacial score (nSPS) is 16.0. The van der Waals surface area contributed by atoms with E-state index in [1.807, 2.05) is 18.5 Å². The highest BCUT2D eigenvalue weighted by molar-refractivity contribution is 7.59. The highest BCUT2D eigenvalue weighted by Gasteiger charge is 2.21. The third kappa shape index (κ3) is 4.71. The third-order valence-corrected chi connectivity index (χ3v) is 6.06. The Hall–Kier alpha value is -3.17. The maximum Gasteiger partial charge on any atom is 0.161 e. The maximum atomic E-state index is 13.4. The second-order valence-electron chi connectivity index (χ2n) is 8.84. The molecule has 0 spiro atoms. The number of fused-ring (bicyclic) bond motifs is 1. The van der Waals surface area contributed by atoms with Gasteiger partial charge in [-0.25, -0.2) is 19.3 Å². The van der Waals surface area contributed by atoms with Gasteiger partial charge in [0.2, 0.25) is 0 Å². The largest absolute Gasteiger partial charge is 0.367 e. The van der Waals surface area contributed by atoms with Gasteiger partial charge >= 0.3 is 0 Å². The molecule has 0 saturated carbocycles. The Bertz CT molecular complexity index is 1270. The van der Waals surface area contributed by atoms with E-state index in [2.05, 4.69) is 51.3 Å². The molecule has 0 bridgehead atoms. The van der Waals surface area contributed by atoms with Crippen LogP contribution >= 0.6 is 13.5 Å². The molecule has 1 aliphatic heterocycles. The molecule has 34 heavy (non-hydrogen) atoms. The standard InChI is InChI=1S/C25H28FN7.H2S/c1-15(2)19-12-29-23(17-4-6-18(26)7-5-17)32-24(19)31-20-8-9-28-25-22(20)21(13-30-25)33-11-10-27-16(3)14-33;/h4-9,12-13,15-16,27H,10-11,14H2,1-3H3,(H2,28,29,30,31,32);1H2/t16-;/m0./s1. The molecule has 0 radical (unpaired) electrons. The summed E-state index contributed by atoms with van der Waals surface area (Å²) in [5.41, 5.74) is 4.69. The lowest BCUT2D eigenvalue weighted by atomic mass is 10.1. The minimum Gasteiger partial charge on any atom is -0.367 e. The molecule has 4 heterocycles. The van der Waals surface area contributed by atoms with Gasteiger partial charge in [0.15, 0.2) is 5.82 Å². The molecule has 4 aromatic rings. The van der Waals surface area contributed by atoms with Crippen LogP contribution in [0.2, 0.25) is 0 Å². The molecule has 0 amide bonds. The second kappa shape index (κ2) is 9.99. The number of pyridine rings is 1. The summed E-state index contributed by atoms with van der Waals surface area (Å²) in [6, 6.07) is 8.65. The van der Waals surface area contributed by atoms with E-state index in [4.69, 9.17) is 4.98 Å². The van der Waals surface area contributed by atoms with E-state index in [-0.39, 0.29) is 25.2 Å². The fourth-order valence-corrected chi connectivity index (χ4v) is 4.32. The van der Waals surface area contributed by atoms with E-state index >= 15 is 0 Å². The van der Waals surface area contributed by atoms with Crippen molar-refractivity contribution in [3.05, 3.63) is 60.3 Å². The monoisotopic (exact) mass is 479 g/mol. The SMILES string of the molecule is CC(C)c1cnc(-c2ccc(F)cc2)nc1Nc1ccnc2[nH]cc(N3CCN[C@@H](C)C3)c12.S. The molecule has 5 rings (SSSR count). The van der Waals surface area contributed by atoms with Crippen molar-refractivity contribution in [2.24, 2.45) is 0 Å². The van der Waals surface area contributed by atoms with Gasteiger partial charge in [0.1, 0.15) is 17.3 Å². The lowest BCUT2D eigenvalue weighted by Crippen LogP contribution is -2.49. The van der Waals surface area contributed by atoms with Crippen LogP contribution in [0, 0.1) is 5.82 Å². The van der Waals surface area contributed by atoms with Crippen molar-refractivity contribution in [1.29, 1.82) is 0 Å². The first-order chi connectivity index (χ1) is 16.0. The number of rotatable bonds is 5. The first kappa shape index (κ1) is 24.0. The smallest absolute Gasteiger partial charge is 0.161 e. The van der Waals surface area contributed by atoms with Crippen molar-refractivity contribution in [2.45, 2.75) is 32.7 Å². The Morgan fingerprint density at radius 2 is 1.94 bits per heavy atom. The summed E-state index contributed by atoms with van der Waals surface area (Å²) >= 11 is 0. The lowest BCUT2D eigenvalue weighted by molar-refractivity contribution is 0.485. The molecule has 1 saturated heterocycles. The van der Waals surface area contributed by atoms with Gasteiger partial charge in [-0.3, -0.25) is 0 Å². The zero-order chi connectivity index (χ0) is 22.9. The molecule has 1 fully saturated rings. The van der Waals surface area contributed by atoms with Crippen molar-refractivity contribution in [3.63, 3.8) is 0 Å². The van der Waals surface area contributed by atoms with Crippen LogP contribution in [0.3, 0.4) is 0 Å². The molecule has 178 valence electrons. The molecule has 3 aromatic heterocycles. The summed E-state index contributed by atoms with van der Waals surface area (Å²) in [6.07, 6.45) is 5.68. The molecule has 1 atom stereocenters. The number of hydrogen-bond acceptors (Lipinski definition) is 6. The van der Waals surface area contributed by atoms with Crippen molar-refractivity contribution < 1.29 is 4.39 Å². The van der Waals surface area contributed by atoms with E-state index < -0.39 is 0 Å². The molecule has 7 nitrogen and oxygen atoms in total. The average molecular weight is 480 g/mol. The number of nitrogens with one attached hydrogen (secondary N) is 3. The molecule has 1 aliphatic rings. The van der Waals surface area contributed by atoms with Gasteiger partial charge in [0.25, 0.3) is 0 Å². The van der Waals surface area contributed by atoms with Crippen LogP contribution in [0.25, 0.3) is 22.4 Å². The first-order valence-corrected chi connectivity index (χ1v) is 11.3. The van der Waals surface area contributed by atoms with Crippen LogP contribution in [0.15, 0.2) is 48.9 Å². The maximum absolute atomic E-state index is 13.4. The van der Waals surface area contributed by atoms with Crippen molar-refractivity contribution >= 4 is 41.7 Å². The summed E-state index contributed by atoms with van der Waals surface area (Å²) < 4.78 is 13.4. The van der Waals surface area contributed by atoms with E-state index in [0.717, 1.165) is 59.0 Å². The minimum atomic E-state index is -0.280. The Kier molecular flexibility index (Phi) is 7.04. The van der Waals surface area contributed by atoms with Gasteiger partial charge in [-0.2, -0.15) is 13.5 Å². The van der Waals surface area contributed by atoms with Gasteiger partial charge in [0.05, 0.1) is 16.8 Å². The number of piperazine rings is 1. The summed E-state index contributed by atoms with van der Waals surface area (Å²) in [6.45, 7) is 9.25. The van der Waals surface area contributed by atoms with Crippen molar-refractivity contribution in [1.82, 2.24) is 25.3 Å². The quantitative estimate of drug-likeness (QED) is 0.376. The zero-order valence-electron chi connectivity index (χ0n) is 19.6. The van der Waals surface area contributed by atoms with Crippen LogP contribution in [-0.2, 0) is 0 Å². The highest BCUT2D eigenvalue weighted by atomic mass is 32.1. The van der Waals surface area contributed by atoms with Crippen molar-refractivity contribution in [2.75, 3.05) is 29.9 Å².